The van der Waals surface area contributed by atoms with E-state index in [4.69, 9.17) is 0 Å². The molecule has 1 aliphatic heterocycles. The molecule has 2 aliphatic rings. The number of nitrogens with one attached hydrogen (secondary N) is 1. The lowest BCUT2D eigenvalue weighted by Crippen LogP contribution is -2.35. The number of hydrogen-bond acceptors (Lipinski definition) is 4. The van der Waals surface area contributed by atoms with Crippen LogP contribution in [-0.2, 0) is 34.7 Å². The van der Waals surface area contributed by atoms with Gasteiger partial charge in [0.25, 0.3) is 0 Å². The van der Waals surface area contributed by atoms with Gasteiger partial charge in [-0.25, -0.2) is 13.4 Å². The summed E-state index contributed by atoms with van der Waals surface area (Å²) in [6.07, 6.45) is 6.84. The van der Waals surface area contributed by atoms with E-state index in [1.807, 2.05) is 23.7 Å². The van der Waals surface area contributed by atoms with Crippen molar-refractivity contribution < 1.29 is 13.2 Å². The lowest BCUT2D eigenvalue weighted by Gasteiger charge is -2.26. The van der Waals surface area contributed by atoms with E-state index in [0.29, 0.717) is 36.3 Å². The summed E-state index contributed by atoms with van der Waals surface area (Å²) in [5.74, 6) is 0.795. The van der Waals surface area contributed by atoms with Gasteiger partial charge in [0.15, 0.2) is 0 Å². The largest absolute Gasteiger partial charge is 0.349 e. The van der Waals surface area contributed by atoms with Gasteiger partial charge in [-0.2, -0.15) is 4.31 Å². The summed E-state index contributed by atoms with van der Waals surface area (Å²) in [7, 11) is -1.59. The number of sulfonamides is 1. The van der Waals surface area contributed by atoms with Gasteiger partial charge in [0.1, 0.15) is 5.82 Å². The van der Waals surface area contributed by atoms with Crippen LogP contribution in [-0.4, -0.2) is 41.3 Å². The second-order valence-electron chi connectivity index (χ2n) is 9.41. The Morgan fingerprint density at radius 1 is 1.09 bits per heavy atom. The first kappa shape index (κ1) is 23.1. The number of carbonyl (C=O) groups excluding carboxylic acids is 1. The number of aromatic nitrogens is 2. The Balaban J connectivity index is 1.28. The van der Waals surface area contributed by atoms with E-state index in [-0.39, 0.29) is 11.9 Å². The molecular weight excluding hydrogens is 448 g/mol. The predicted molar refractivity (Wildman–Crippen MR) is 132 cm³/mol. The monoisotopic (exact) mass is 480 g/mol. The molecule has 3 aromatic rings. The summed E-state index contributed by atoms with van der Waals surface area (Å²) in [4.78, 5) is 17.7. The Hall–Kier alpha value is -2.71. The summed E-state index contributed by atoms with van der Waals surface area (Å²) in [5, 5.41) is 3.20. The third kappa shape index (κ3) is 4.49. The Labute approximate surface area is 201 Å². The zero-order chi connectivity index (χ0) is 23.7. The predicted octanol–water partition coefficient (Wildman–Crippen LogP) is 3.87. The van der Waals surface area contributed by atoms with Crippen molar-refractivity contribution in [2.75, 3.05) is 13.1 Å². The average Bonchev–Trinajstić information content (AvgIpc) is 3.18. The van der Waals surface area contributed by atoms with Crippen molar-refractivity contribution in [3.8, 4) is 0 Å². The fourth-order valence-corrected chi connectivity index (χ4v) is 6.80. The third-order valence-corrected chi connectivity index (χ3v) is 9.07. The highest BCUT2D eigenvalue weighted by atomic mass is 32.2. The van der Waals surface area contributed by atoms with Crippen molar-refractivity contribution in [3.05, 3.63) is 59.4 Å². The number of fused-ring (bicyclic) bond motifs is 2. The highest BCUT2D eigenvalue weighted by Gasteiger charge is 2.27. The minimum atomic E-state index is -3.50. The number of carbonyl (C=O) groups is 1. The van der Waals surface area contributed by atoms with Crippen molar-refractivity contribution in [1.82, 2.24) is 19.2 Å². The molecule has 2 aromatic carbocycles. The zero-order valence-electron chi connectivity index (χ0n) is 19.7. The standard InChI is InChI=1S/C26H32N4O3S/c1-29-24-13-12-20(34(32,33)30-16-5-2-6-17-30)18-23(24)27-25(29)14-15-26(31)28-22-11-7-9-19-8-3-4-10-21(19)22/h3-4,8,10,12-13,18,22H,2,5-7,9,11,14-17H2,1H3,(H,28,31)/t22-/m1/s1. The van der Waals surface area contributed by atoms with Crippen LogP contribution < -0.4 is 5.32 Å². The maximum Gasteiger partial charge on any atom is 0.243 e. The molecule has 1 saturated heterocycles. The number of benzene rings is 2. The molecule has 5 rings (SSSR count). The lowest BCUT2D eigenvalue weighted by atomic mass is 9.87. The van der Waals surface area contributed by atoms with Gasteiger partial charge in [0, 0.05) is 33.0 Å². The van der Waals surface area contributed by atoms with Gasteiger partial charge in [0.05, 0.1) is 22.0 Å². The van der Waals surface area contributed by atoms with Crippen LogP contribution in [0.1, 0.15) is 61.5 Å². The van der Waals surface area contributed by atoms with Crippen molar-refractivity contribution in [2.24, 2.45) is 7.05 Å². The van der Waals surface area contributed by atoms with E-state index >= 15 is 0 Å². The number of nitrogens with zero attached hydrogens (tertiary/aromatic N) is 3. The fraction of sp³-hybridized carbons (Fsp3) is 0.462. The molecule has 1 amide bonds. The van der Waals surface area contributed by atoms with Gasteiger partial charge in [-0.15, -0.1) is 0 Å². The first-order chi connectivity index (χ1) is 16.4. The number of amides is 1. The average molecular weight is 481 g/mol. The van der Waals surface area contributed by atoms with E-state index in [0.717, 1.165) is 49.9 Å². The van der Waals surface area contributed by atoms with Gasteiger partial charge < -0.3 is 9.88 Å². The van der Waals surface area contributed by atoms with Crippen LogP contribution >= 0.6 is 0 Å². The van der Waals surface area contributed by atoms with Crippen LogP contribution in [0.15, 0.2) is 47.4 Å². The molecule has 1 aliphatic carbocycles. The quantitative estimate of drug-likeness (QED) is 0.580. The molecule has 1 aromatic heterocycles. The molecule has 7 nitrogen and oxygen atoms in total. The fourth-order valence-electron chi connectivity index (χ4n) is 5.26. The molecule has 1 atom stereocenters. The van der Waals surface area contributed by atoms with E-state index in [2.05, 4.69) is 28.5 Å². The Morgan fingerprint density at radius 3 is 2.71 bits per heavy atom. The number of aryl methyl sites for hydroxylation is 3. The Morgan fingerprint density at radius 2 is 1.88 bits per heavy atom. The normalized spacial score (nSPS) is 19.1. The van der Waals surface area contributed by atoms with Gasteiger partial charge in [-0.3, -0.25) is 4.79 Å². The maximum absolute atomic E-state index is 13.1. The van der Waals surface area contributed by atoms with E-state index in [1.165, 1.54) is 11.1 Å². The minimum absolute atomic E-state index is 0.0159. The first-order valence-corrected chi connectivity index (χ1v) is 13.7. The smallest absolute Gasteiger partial charge is 0.243 e. The van der Waals surface area contributed by atoms with Crippen molar-refractivity contribution in [1.29, 1.82) is 0 Å². The van der Waals surface area contributed by atoms with E-state index < -0.39 is 10.0 Å². The molecule has 0 bridgehead atoms. The van der Waals surface area contributed by atoms with Crippen LogP contribution in [0.25, 0.3) is 11.0 Å². The van der Waals surface area contributed by atoms with E-state index in [9.17, 15) is 13.2 Å². The summed E-state index contributed by atoms with van der Waals surface area (Å²) in [5.41, 5.74) is 4.07. The molecule has 0 unspecified atom stereocenters. The van der Waals surface area contributed by atoms with Crippen molar-refractivity contribution >= 4 is 27.0 Å². The number of imidazole rings is 1. The maximum atomic E-state index is 13.1. The molecule has 8 heteroatoms. The SMILES string of the molecule is Cn1c(CCC(=O)N[C@@H]2CCCc3ccccc32)nc2cc(S(=O)(=O)N3CCCCC3)ccc21. The summed E-state index contributed by atoms with van der Waals surface area (Å²) in [6, 6.07) is 13.6. The van der Waals surface area contributed by atoms with Gasteiger partial charge in [-0.1, -0.05) is 30.7 Å². The third-order valence-electron chi connectivity index (χ3n) is 7.18. The first-order valence-electron chi connectivity index (χ1n) is 12.3. The van der Waals surface area contributed by atoms with Crippen molar-refractivity contribution in [3.63, 3.8) is 0 Å². The molecule has 180 valence electrons. The molecule has 1 N–H and O–H groups in total. The van der Waals surface area contributed by atoms with Crippen molar-refractivity contribution in [2.45, 2.75) is 62.3 Å². The topological polar surface area (TPSA) is 84.3 Å². The van der Waals surface area contributed by atoms with Crippen LogP contribution in [0.3, 0.4) is 0 Å². The number of rotatable bonds is 6. The lowest BCUT2D eigenvalue weighted by molar-refractivity contribution is -0.121. The van der Waals surface area contributed by atoms with Gasteiger partial charge in [0.2, 0.25) is 15.9 Å². The second kappa shape index (κ2) is 9.50. The highest BCUT2D eigenvalue weighted by Crippen LogP contribution is 2.29. The van der Waals surface area contributed by atoms with Crippen LogP contribution in [0.2, 0.25) is 0 Å². The molecule has 0 radical (unpaired) electrons. The Bertz CT molecular complexity index is 1310. The molecule has 34 heavy (non-hydrogen) atoms. The number of piperidine rings is 1. The minimum Gasteiger partial charge on any atom is -0.349 e. The van der Waals surface area contributed by atoms with Gasteiger partial charge in [-0.05, 0) is 61.4 Å². The van der Waals surface area contributed by atoms with Gasteiger partial charge >= 0.3 is 0 Å². The van der Waals surface area contributed by atoms with Crippen LogP contribution in [0.5, 0.6) is 0 Å². The molecule has 0 spiro atoms. The van der Waals surface area contributed by atoms with Crippen LogP contribution in [0, 0.1) is 0 Å². The number of hydrogen-bond donors (Lipinski definition) is 1. The molecule has 1 fully saturated rings. The molecular formula is C26H32N4O3S. The Kier molecular flexibility index (Phi) is 6.44. The molecule has 2 heterocycles. The summed E-state index contributed by atoms with van der Waals surface area (Å²) >= 11 is 0. The molecule has 0 saturated carbocycles. The van der Waals surface area contributed by atoms with Crippen LogP contribution in [0.4, 0.5) is 0 Å². The second-order valence-corrected chi connectivity index (χ2v) is 11.4. The summed E-state index contributed by atoms with van der Waals surface area (Å²) in [6.45, 7) is 1.16. The highest BCUT2D eigenvalue weighted by molar-refractivity contribution is 7.89. The van der Waals surface area contributed by atoms with E-state index in [1.54, 1.807) is 16.4 Å². The summed E-state index contributed by atoms with van der Waals surface area (Å²) < 4.78 is 29.6. The zero-order valence-corrected chi connectivity index (χ0v) is 20.5.